The number of aryl methyl sites for hydroxylation is 1. The lowest BCUT2D eigenvalue weighted by atomic mass is 9.84. The maximum atomic E-state index is 13.8. The SMILES string of the molecule is COc1ccc(Cn2c(C)cc3c(c2=O)[C@H](c2cccc(Cl)c2Cl)C(C#N)=C(N)O3)cc1OC. The van der Waals surface area contributed by atoms with Gasteiger partial charge in [-0.2, -0.15) is 5.26 Å². The number of hydrogen-bond donors (Lipinski definition) is 1. The molecule has 0 amide bonds. The van der Waals surface area contributed by atoms with Crippen molar-refractivity contribution in [1.29, 1.82) is 5.26 Å². The number of fused-ring (bicyclic) bond motifs is 1. The second-order valence-electron chi connectivity index (χ2n) is 7.71. The van der Waals surface area contributed by atoms with E-state index < -0.39 is 5.92 Å². The summed E-state index contributed by atoms with van der Waals surface area (Å²) < 4.78 is 18.0. The first-order chi connectivity index (χ1) is 16.3. The molecule has 1 atom stereocenters. The first kappa shape index (κ1) is 23.6. The number of rotatable bonds is 5. The highest BCUT2D eigenvalue weighted by atomic mass is 35.5. The van der Waals surface area contributed by atoms with E-state index >= 15 is 0 Å². The van der Waals surface area contributed by atoms with E-state index in [4.69, 9.17) is 43.1 Å². The Morgan fingerprint density at radius 2 is 1.88 bits per heavy atom. The standard InChI is InChI=1S/C25H21Cl2N3O4/c1-13-9-20-22(25(31)30(13)12-14-7-8-18(32-2)19(10-14)33-3)21(16(11-28)24(29)34-20)15-5-4-6-17(26)23(15)27/h4-10,21H,12,29H2,1-3H3/t21-/m1/s1. The van der Waals surface area contributed by atoms with Gasteiger partial charge in [-0.05, 0) is 36.2 Å². The number of allylic oxidation sites excluding steroid dienone is 1. The van der Waals surface area contributed by atoms with Crippen molar-refractivity contribution in [3.05, 3.63) is 96.7 Å². The van der Waals surface area contributed by atoms with Crippen LogP contribution in [0.2, 0.25) is 10.0 Å². The monoisotopic (exact) mass is 497 g/mol. The Hall–Kier alpha value is -3.60. The molecule has 3 aromatic rings. The number of aromatic nitrogens is 1. The fraction of sp³-hybridized carbons (Fsp3) is 0.200. The van der Waals surface area contributed by atoms with Crippen LogP contribution in [0.4, 0.5) is 0 Å². The predicted octanol–water partition coefficient (Wildman–Crippen LogP) is 4.75. The van der Waals surface area contributed by atoms with Crippen molar-refractivity contribution < 1.29 is 14.2 Å². The van der Waals surface area contributed by atoms with Gasteiger partial charge >= 0.3 is 0 Å². The van der Waals surface area contributed by atoms with Crippen molar-refractivity contribution in [3.8, 4) is 23.3 Å². The lowest BCUT2D eigenvalue weighted by Gasteiger charge is -2.28. The molecule has 9 heteroatoms. The number of hydrogen-bond acceptors (Lipinski definition) is 6. The van der Waals surface area contributed by atoms with Gasteiger partial charge in [0.2, 0.25) is 5.88 Å². The summed E-state index contributed by atoms with van der Waals surface area (Å²) in [5.41, 5.74) is 8.07. The molecule has 2 aromatic carbocycles. The summed E-state index contributed by atoms with van der Waals surface area (Å²) in [6.45, 7) is 2.06. The highest BCUT2D eigenvalue weighted by Gasteiger charge is 2.35. The zero-order valence-corrected chi connectivity index (χ0v) is 20.2. The fourth-order valence-corrected chi connectivity index (χ4v) is 4.52. The molecule has 0 bridgehead atoms. The van der Waals surface area contributed by atoms with Gasteiger partial charge in [0.25, 0.3) is 5.56 Å². The van der Waals surface area contributed by atoms with Gasteiger partial charge in [-0.1, -0.05) is 41.4 Å². The van der Waals surface area contributed by atoms with Crippen LogP contribution in [0.25, 0.3) is 0 Å². The Morgan fingerprint density at radius 1 is 1.15 bits per heavy atom. The lowest BCUT2D eigenvalue weighted by molar-refractivity contribution is 0.354. The van der Waals surface area contributed by atoms with Gasteiger partial charge in [0.15, 0.2) is 11.5 Å². The molecule has 2 N–H and O–H groups in total. The zero-order chi connectivity index (χ0) is 24.6. The second kappa shape index (κ2) is 9.34. The van der Waals surface area contributed by atoms with Gasteiger partial charge < -0.3 is 24.5 Å². The van der Waals surface area contributed by atoms with Crippen LogP contribution in [0.5, 0.6) is 17.2 Å². The summed E-state index contributed by atoms with van der Waals surface area (Å²) in [5.74, 6) is 0.517. The van der Waals surface area contributed by atoms with Crippen LogP contribution in [0.1, 0.15) is 28.3 Å². The van der Waals surface area contributed by atoms with E-state index in [2.05, 4.69) is 6.07 Å². The largest absolute Gasteiger partial charge is 0.493 e. The summed E-state index contributed by atoms with van der Waals surface area (Å²) in [6, 6.07) is 14.3. The fourth-order valence-electron chi connectivity index (χ4n) is 4.10. The van der Waals surface area contributed by atoms with Crippen LogP contribution in [-0.2, 0) is 6.54 Å². The van der Waals surface area contributed by atoms with Crippen molar-refractivity contribution in [1.82, 2.24) is 4.57 Å². The average Bonchev–Trinajstić information content (AvgIpc) is 2.82. The van der Waals surface area contributed by atoms with Crippen molar-refractivity contribution in [2.45, 2.75) is 19.4 Å². The minimum Gasteiger partial charge on any atom is -0.493 e. The molecule has 0 unspecified atom stereocenters. The lowest BCUT2D eigenvalue weighted by Crippen LogP contribution is -2.33. The van der Waals surface area contributed by atoms with Gasteiger partial charge in [-0.3, -0.25) is 4.79 Å². The smallest absolute Gasteiger partial charge is 0.259 e. The van der Waals surface area contributed by atoms with E-state index in [1.165, 1.54) is 0 Å². The zero-order valence-electron chi connectivity index (χ0n) is 18.7. The molecule has 0 saturated heterocycles. The number of nitrogens with two attached hydrogens (primary N) is 1. The molecule has 4 rings (SSSR count). The predicted molar refractivity (Wildman–Crippen MR) is 130 cm³/mol. The molecule has 0 radical (unpaired) electrons. The molecular formula is C25H21Cl2N3O4. The maximum absolute atomic E-state index is 13.8. The molecule has 0 spiro atoms. The molecule has 1 aliphatic rings. The molecular weight excluding hydrogens is 477 g/mol. The van der Waals surface area contributed by atoms with E-state index in [-0.39, 0.29) is 39.9 Å². The van der Waals surface area contributed by atoms with Crippen LogP contribution in [0.3, 0.4) is 0 Å². The van der Waals surface area contributed by atoms with Gasteiger partial charge in [-0.25, -0.2) is 0 Å². The van der Waals surface area contributed by atoms with Crippen LogP contribution in [0.15, 0.2) is 58.7 Å². The molecule has 2 heterocycles. The third-order valence-electron chi connectivity index (χ3n) is 5.77. The average molecular weight is 498 g/mol. The van der Waals surface area contributed by atoms with Gasteiger partial charge in [0.05, 0.1) is 42.3 Å². The number of nitrogens with zero attached hydrogens (tertiary/aromatic N) is 2. The molecule has 1 aromatic heterocycles. The number of halogens is 2. The third kappa shape index (κ3) is 3.96. The van der Waals surface area contributed by atoms with Gasteiger partial charge in [0.1, 0.15) is 17.4 Å². The molecule has 0 fully saturated rings. The quantitative estimate of drug-likeness (QED) is 0.545. The summed E-state index contributed by atoms with van der Waals surface area (Å²) in [7, 11) is 3.11. The maximum Gasteiger partial charge on any atom is 0.259 e. The number of benzene rings is 2. The molecule has 0 aliphatic carbocycles. The van der Waals surface area contributed by atoms with Crippen LogP contribution < -0.4 is 25.5 Å². The van der Waals surface area contributed by atoms with E-state index in [0.29, 0.717) is 27.8 Å². The molecule has 34 heavy (non-hydrogen) atoms. The Kier molecular flexibility index (Phi) is 6.47. The molecule has 1 aliphatic heterocycles. The summed E-state index contributed by atoms with van der Waals surface area (Å²) in [5, 5.41) is 10.4. The van der Waals surface area contributed by atoms with Crippen molar-refractivity contribution in [3.63, 3.8) is 0 Å². The van der Waals surface area contributed by atoms with E-state index in [1.807, 2.05) is 12.1 Å². The van der Waals surface area contributed by atoms with Crippen molar-refractivity contribution >= 4 is 23.2 Å². The number of nitriles is 1. The van der Waals surface area contributed by atoms with Crippen LogP contribution in [-0.4, -0.2) is 18.8 Å². The minimum atomic E-state index is -0.829. The topological polar surface area (TPSA) is 99.5 Å². The van der Waals surface area contributed by atoms with Gasteiger partial charge in [-0.15, -0.1) is 0 Å². The van der Waals surface area contributed by atoms with Gasteiger partial charge in [0, 0.05) is 11.8 Å². The number of pyridine rings is 1. The number of methoxy groups -OCH3 is 2. The van der Waals surface area contributed by atoms with Crippen LogP contribution in [0, 0.1) is 18.3 Å². The molecule has 7 nitrogen and oxygen atoms in total. The Morgan fingerprint density at radius 3 is 2.56 bits per heavy atom. The highest BCUT2D eigenvalue weighted by Crippen LogP contribution is 2.44. The first-order valence-electron chi connectivity index (χ1n) is 10.3. The molecule has 174 valence electrons. The molecule has 0 saturated carbocycles. The number of ether oxygens (including phenoxy) is 3. The van der Waals surface area contributed by atoms with Crippen molar-refractivity contribution in [2.75, 3.05) is 14.2 Å². The Balaban J connectivity index is 1.91. The summed E-state index contributed by atoms with van der Waals surface area (Å²) in [6.07, 6.45) is 0. The first-order valence-corrected chi connectivity index (χ1v) is 11.0. The Bertz CT molecular complexity index is 1420. The minimum absolute atomic E-state index is 0.0764. The Labute approximate surface area is 206 Å². The van der Waals surface area contributed by atoms with Crippen molar-refractivity contribution in [2.24, 2.45) is 5.73 Å². The van der Waals surface area contributed by atoms with E-state index in [9.17, 15) is 10.1 Å². The second-order valence-corrected chi connectivity index (χ2v) is 8.50. The third-order valence-corrected chi connectivity index (χ3v) is 6.60. The van der Waals surface area contributed by atoms with E-state index in [1.54, 1.807) is 56.0 Å². The normalized spacial score (nSPS) is 14.8. The van der Waals surface area contributed by atoms with E-state index in [0.717, 1.165) is 5.56 Å². The summed E-state index contributed by atoms with van der Waals surface area (Å²) >= 11 is 12.7. The van der Waals surface area contributed by atoms with Crippen LogP contribution >= 0.6 is 23.2 Å². The summed E-state index contributed by atoms with van der Waals surface area (Å²) in [4.78, 5) is 13.8. The highest BCUT2D eigenvalue weighted by molar-refractivity contribution is 6.42.